The molecule has 0 saturated carbocycles. The summed E-state index contributed by atoms with van der Waals surface area (Å²) >= 11 is 0. The van der Waals surface area contributed by atoms with Crippen LogP contribution >= 0.6 is 0 Å². The average Bonchev–Trinajstić information content (AvgIpc) is 2.05. The van der Waals surface area contributed by atoms with Crippen molar-refractivity contribution in [1.29, 1.82) is 0 Å². The lowest BCUT2D eigenvalue weighted by Gasteiger charge is -1.96. The lowest BCUT2D eigenvalue weighted by Crippen LogP contribution is -1.88. The highest BCUT2D eigenvalue weighted by Gasteiger charge is 2.04. The molecule has 1 aromatic rings. The lowest BCUT2D eigenvalue weighted by atomic mass is 10.3. The van der Waals surface area contributed by atoms with E-state index in [2.05, 4.69) is 0 Å². The SMILES string of the molecule is COc1cccc([N+](=O)[O-])c1.[H+]. The molecule has 4 heteroatoms. The van der Waals surface area contributed by atoms with Crippen molar-refractivity contribution in [3.8, 4) is 5.75 Å². The van der Waals surface area contributed by atoms with E-state index in [1.165, 1.54) is 19.2 Å². The van der Waals surface area contributed by atoms with Crippen LogP contribution < -0.4 is 4.74 Å². The normalized spacial score (nSPS) is 9.18. The van der Waals surface area contributed by atoms with Crippen molar-refractivity contribution in [2.45, 2.75) is 0 Å². The highest BCUT2D eigenvalue weighted by atomic mass is 16.6. The van der Waals surface area contributed by atoms with Crippen molar-refractivity contribution in [2.24, 2.45) is 0 Å². The van der Waals surface area contributed by atoms with Gasteiger partial charge in [0, 0.05) is 6.07 Å². The van der Waals surface area contributed by atoms with E-state index in [1.54, 1.807) is 12.1 Å². The molecule has 0 atom stereocenters. The van der Waals surface area contributed by atoms with Crippen LogP contribution in [0.5, 0.6) is 5.75 Å². The molecule has 0 aliphatic carbocycles. The molecule has 1 aromatic carbocycles. The van der Waals surface area contributed by atoms with E-state index in [-0.39, 0.29) is 7.11 Å². The second-order valence-corrected chi connectivity index (χ2v) is 1.96. The highest BCUT2D eigenvalue weighted by molar-refractivity contribution is 5.37. The lowest BCUT2D eigenvalue weighted by molar-refractivity contribution is -0.384. The summed E-state index contributed by atoms with van der Waals surface area (Å²) in [5.41, 5.74) is 0.0457. The van der Waals surface area contributed by atoms with E-state index < -0.39 is 4.92 Å². The molecule has 0 aliphatic rings. The van der Waals surface area contributed by atoms with Gasteiger partial charge in [0.15, 0.2) is 0 Å². The highest BCUT2D eigenvalue weighted by Crippen LogP contribution is 2.17. The number of benzene rings is 1. The summed E-state index contributed by atoms with van der Waals surface area (Å²) in [4.78, 5) is 9.76. The molecule has 11 heavy (non-hydrogen) atoms. The van der Waals surface area contributed by atoms with E-state index in [1.807, 2.05) is 0 Å². The molecule has 0 N–H and O–H groups in total. The third-order valence-corrected chi connectivity index (χ3v) is 1.26. The van der Waals surface area contributed by atoms with E-state index in [0.29, 0.717) is 5.75 Å². The van der Waals surface area contributed by atoms with Gasteiger partial charge in [0.25, 0.3) is 5.69 Å². The molecule has 4 nitrogen and oxygen atoms in total. The number of rotatable bonds is 2. The van der Waals surface area contributed by atoms with Crippen LogP contribution in [0.4, 0.5) is 5.69 Å². The number of methoxy groups -OCH3 is 1. The van der Waals surface area contributed by atoms with Gasteiger partial charge in [-0.3, -0.25) is 10.1 Å². The van der Waals surface area contributed by atoms with Gasteiger partial charge in [0.05, 0.1) is 18.1 Å². The third-order valence-electron chi connectivity index (χ3n) is 1.26. The Hall–Kier alpha value is -1.58. The van der Waals surface area contributed by atoms with Gasteiger partial charge in [-0.25, -0.2) is 0 Å². The minimum atomic E-state index is -0.456. The number of non-ortho nitro benzene ring substituents is 1. The van der Waals surface area contributed by atoms with Crippen LogP contribution in [0.25, 0.3) is 0 Å². The minimum Gasteiger partial charge on any atom is -0.497 e. The summed E-state index contributed by atoms with van der Waals surface area (Å²) in [6.45, 7) is 0. The monoisotopic (exact) mass is 154 g/mol. The van der Waals surface area contributed by atoms with E-state index in [9.17, 15) is 10.1 Å². The van der Waals surface area contributed by atoms with Crippen LogP contribution in [0.2, 0.25) is 0 Å². The fraction of sp³-hybridized carbons (Fsp3) is 0.143. The molecular formula is C7H8NO3+. The van der Waals surface area contributed by atoms with Crippen LogP contribution in [0.3, 0.4) is 0 Å². The van der Waals surface area contributed by atoms with Crippen molar-refractivity contribution in [2.75, 3.05) is 7.11 Å². The number of nitrogens with zero attached hydrogens (tertiary/aromatic N) is 1. The Bertz CT molecular complexity index is 277. The Labute approximate surface area is 65.0 Å². The number of hydrogen-bond acceptors (Lipinski definition) is 3. The molecule has 0 aromatic heterocycles. The molecular weight excluding hydrogens is 146 g/mol. The van der Waals surface area contributed by atoms with Crippen LogP contribution in [0, 0.1) is 10.1 Å². The van der Waals surface area contributed by atoms with E-state index in [4.69, 9.17) is 4.74 Å². The Morgan fingerprint density at radius 2 is 2.36 bits per heavy atom. The summed E-state index contributed by atoms with van der Waals surface area (Å²) in [6, 6.07) is 6.03. The zero-order valence-corrected chi connectivity index (χ0v) is 5.98. The predicted molar refractivity (Wildman–Crippen MR) is 40.8 cm³/mol. The zero-order chi connectivity index (χ0) is 8.27. The van der Waals surface area contributed by atoms with Crippen LogP contribution in [-0.2, 0) is 0 Å². The van der Waals surface area contributed by atoms with Gasteiger partial charge < -0.3 is 4.74 Å². The van der Waals surface area contributed by atoms with Crippen molar-refractivity contribution in [3.05, 3.63) is 34.4 Å². The van der Waals surface area contributed by atoms with Crippen molar-refractivity contribution in [1.82, 2.24) is 0 Å². The first-order valence-corrected chi connectivity index (χ1v) is 3.02. The maximum atomic E-state index is 10.2. The summed E-state index contributed by atoms with van der Waals surface area (Å²) in [6.07, 6.45) is 0. The molecule has 0 heterocycles. The van der Waals surface area contributed by atoms with Crippen molar-refractivity contribution >= 4 is 5.69 Å². The van der Waals surface area contributed by atoms with Gasteiger partial charge in [-0.05, 0) is 6.07 Å². The first-order chi connectivity index (χ1) is 5.24. The second-order valence-electron chi connectivity index (χ2n) is 1.96. The average molecular weight is 154 g/mol. The number of nitro groups is 1. The van der Waals surface area contributed by atoms with E-state index >= 15 is 0 Å². The Kier molecular flexibility index (Phi) is 2.06. The fourth-order valence-electron chi connectivity index (χ4n) is 0.724. The van der Waals surface area contributed by atoms with Gasteiger partial charge in [-0.1, -0.05) is 6.07 Å². The Morgan fingerprint density at radius 3 is 2.91 bits per heavy atom. The number of nitro benzene ring substituents is 1. The van der Waals surface area contributed by atoms with E-state index in [0.717, 1.165) is 0 Å². The number of hydrogen-bond donors (Lipinski definition) is 0. The molecule has 0 aliphatic heterocycles. The molecule has 0 amide bonds. The molecule has 0 saturated heterocycles. The topological polar surface area (TPSA) is 52.4 Å². The van der Waals surface area contributed by atoms with Gasteiger partial charge in [0.1, 0.15) is 5.75 Å². The number of ether oxygens (including phenoxy) is 1. The standard InChI is InChI=1S/C7H7NO3/c1-11-7-4-2-3-6(5-7)8(9)10/h2-5H,1H3/p+1. The summed E-state index contributed by atoms with van der Waals surface area (Å²) in [5, 5.41) is 10.2. The molecule has 0 radical (unpaired) electrons. The maximum Gasteiger partial charge on any atom is 1.00 e. The summed E-state index contributed by atoms with van der Waals surface area (Å²) < 4.78 is 4.80. The molecule has 0 bridgehead atoms. The van der Waals surface area contributed by atoms with Crippen molar-refractivity contribution < 1.29 is 11.1 Å². The summed E-state index contributed by atoms with van der Waals surface area (Å²) in [5.74, 6) is 0.499. The molecule has 58 valence electrons. The Morgan fingerprint density at radius 1 is 1.64 bits per heavy atom. The Balaban J connectivity index is 0.00000121. The molecule has 0 unspecified atom stereocenters. The molecule has 0 spiro atoms. The largest absolute Gasteiger partial charge is 1.00 e. The smallest absolute Gasteiger partial charge is 0.497 e. The quantitative estimate of drug-likeness (QED) is 0.481. The third kappa shape index (κ3) is 1.67. The minimum absolute atomic E-state index is 0. The first-order valence-electron chi connectivity index (χ1n) is 3.02. The van der Waals surface area contributed by atoms with Gasteiger partial charge >= 0.3 is 1.43 Å². The molecule has 1 rings (SSSR count). The first kappa shape index (κ1) is 7.53. The van der Waals surface area contributed by atoms with Crippen LogP contribution in [0.15, 0.2) is 24.3 Å². The summed E-state index contributed by atoms with van der Waals surface area (Å²) in [7, 11) is 1.47. The van der Waals surface area contributed by atoms with Gasteiger partial charge in [0.2, 0.25) is 0 Å². The van der Waals surface area contributed by atoms with Crippen LogP contribution in [0.1, 0.15) is 1.43 Å². The fourth-order valence-corrected chi connectivity index (χ4v) is 0.724. The van der Waals surface area contributed by atoms with Gasteiger partial charge in [-0.2, -0.15) is 0 Å². The van der Waals surface area contributed by atoms with Crippen molar-refractivity contribution in [3.63, 3.8) is 0 Å². The zero-order valence-electron chi connectivity index (χ0n) is 6.98. The van der Waals surface area contributed by atoms with Gasteiger partial charge in [-0.15, -0.1) is 0 Å². The second kappa shape index (κ2) is 3.01. The molecule has 0 fully saturated rings. The van der Waals surface area contributed by atoms with Crippen LogP contribution in [-0.4, -0.2) is 12.0 Å². The predicted octanol–water partition coefficient (Wildman–Crippen LogP) is 1.72. The maximum absolute atomic E-state index is 10.2.